The van der Waals surface area contributed by atoms with Crippen molar-refractivity contribution in [1.82, 2.24) is 0 Å². The zero-order chi connectivity index (χ0) is 13.7. The van der Waals surface area contributed by atoms with Crippen molar-refractivity contribution in [1.29, 1.82) is 0 Å². The first-order chi connectivity index (χ1) is 9.16. The third kappa shape index (κ3) is 4.01. The van der Waals surface area contributed by atoms with Gasteiger partial charge < -0.3 is 4.74 Å². The number of carbonyl (C=O) groups excluding carboxylic acids is 1. The monoisotopic (exact) mass is 318 g/mol. The Labute approximate surface area is 121 Å². The fourth-order valence-corrected chi connectivity index (χ4v) is 2.30. The summed E-state index contributed by atoms with van der Waals surface area (Å²) >= 11 is 3.41. The van der Waals surface area contributed by atoms with E-state index in [0.29, 0.717) is 6.61 Å². The average molecular weight is 319 g/mol. The highest BCUT2D eigenvalue weighted by Crippen LogP contribution is 2.13. The van der Waals surface area contributed by atoms with Crippen molar-refractivity contribution in [2.75, 3.05) is 6.61 Å². The average Bonchev–Trinajstić information content (AvgIpc) is 2.39. The Bertz CT molecular complexity index is 578. The largest absolute Gasteiger partial charge is 0.369 e. The quantitative estimate of drug-likeness (QED) is 0.774. The molecule has 0 aliphatic carbocycles. The van der Waals surface area contributed by atoms with Crippen LogP contribution in [0.3, 0.4) is 0 Å². The van der Waals surface area contributed by atoms with Gasteiger partial charge >= 0.3 is 0 Å². The molecule has 2 nitrogen and oxygen atoms in total. The van der Waals surface area contributed by atoms with Crippen molar-refractivity contribution in [3.8, 4) is 0 Å². The second kappa shape index (κ2) is 6.64. The number of ketones is 1. The Morgan fingerprint density at radius 3 is 2.68 bits per heavy atom. The number of Topliss-reactive ketones (excluding diaryl/α,β-unsaturated/α-hetero) is 1. The molecule has 0 unspecified atom stereocenters. The Kier molecular flexibility index (Phi) is 4.88. The number of carbonyl (C=O) groups is 1. The topological polar surface area (TPSA) is 26.3 Å². The molecule has 0 saturated heterocycles. The number of ether oxygens (including phenoxy) is 1. The first-order valence-corrected chi connectivity index (χ1v) is 6.87. The lowest BCUT2D eigenvalue weighted by molar-refractivity contribution is 0.0726. The van der Waals surface area contributed by atoms with Crippen LogP contribution in [0.5, 0.6) is 0 Å². The van der Waals surface area contributed by atoms with E-state index >= 15 is 0 Å². The molecule has 0 atom stereocenters. The van der Waals surface area contributed by atoms with Crippen LogP contribution in [0.2, 0.25) is 0 Å². The van der Waals surface area contributed by atoms with Crippen LogP contribution in [-0.2, 0) is 11.3 Å². The van der Waals surface area contributed by atoms with Gasteiger partial charge in [0, 0.05) is 10.0 Å². The smallest absolute Gasteiger partial charge is 0.188 e. The predicted molar refractivity (Wildman–Crippen MR) is 79.3 cm³/mol. The van der Waals surface area contributed by atoms with Crippen LogP contribution < -0.4 is 0 Å². The van der Waals surface area contributed by atoms with E-state index in [1.165, 1.54) is 0 Å². The summed E-state index contributed by atoms with van der Waals surface area (Å²) in [7, 11) is 0. The molecule has 2 rings (SSSR count). The molecule has 98 valence electrons. The molecule has 0 radical (unpaired) electrons. The van der Waals surface area contributed by atoms with Gasteiger partial charge in [-0.05, 0) is 30.2 Å². The summed E-state index contributed by atoms with van der Waals surface area (Å²) in [6.45, 7) is 2.48. The SMILES string of the molecule is Cc1ccccc1C(=O)COCc1cccc(Br)c1. The van der Waals surface area contributed by atoms with E-state index in [1.807, 2.05) is 55.5 Å². The van der Waals surface area contributed by atoms with Gasteiger partial charge in [-0.25, -0.2) is 0 Å². The molecule has 0 amide bonds. The van der Waals surface area contributed by atoms with Crippen molar-refractivity contribution < 1.29 is 9.53 Å². The van der Waals surface area contributed by atoms with E-state index in [4.69, 9.17) is 4.74 Å². The zero-order valence-corrected chi connectivity index (χ0v) is 12.3. The van der Waals surface area contributed by atoms with Crippen LogP contribution in [0.4, 0.5) is 0 Å². The van der Waals surface area contributed by atoms with E-state index in [-0.39, 0.29) is 12.4 Å². The van der Waals surface area contributed by atoms with Crippen molar-refractivity contribution in [2.45, 2.75) is 13.5 Å². The van der Waals surface area contributed by atoms with Crippen molar-refractivity contribution in [3.63, 3.8) is 0 Å². The predicted octanol–water partition coefficient (Wildman–Crippen LogP) is 4.16. The van der Waals surface area contributed by atoms with Gasteiger partial charge in [0.05, 0.1) is 6.61 Å². The zero-order valence-electron chi connectivity index (χ0n) is 10.7. The summed E-state index contributed by atoms with van der Waals surface area (Å²) in [4.78, 5) is 12.0. The van der Waals surface area contributed by atoms with E-state index < -0.39 is 0 Å². The maximum absolute atomic E-state index is 12.0. The molecule has 2 aromatic carbocycles. The highest BCUT2D eigenvalue weighted by Gasteiger charge is 2.08. The number of hydrogen-bond donors (Lipinski definition) is 0. The highest BCUT2D eigenvalue weighted by molar-refractivity contribution is 9.10. The minimum atomic E-state index is 0.0214. The summed E-state index contributed by atoms with van der Waals surface area (Å²) in [5, 5.41) is 0. The van der Waals surface area contributed by atoms with E-state index in [1.54, 1.807) is 0 Å². The summed E-state index contributed by atoms with van der Waals surface area (Å²) in [5.74, 6) is 0.0214. The maximum atomic E-state index is 12.0. The molecule has 0 heterocycles. The molecular weight excluding hydrogens is 304 g/mol. The minimum Gasteiger partial charge on any atom is -0.369 e. The standard InChI is InChI=1S/C16H15BrO2/c1-12-5-2-3-8-15(12)16(18)11-19-10-13-6-4-7-14(17)9-13/h2-9H,10-11H2,1H3. The molecule has 0 saturated carbocycles. The number of aryl methyl sites for hydroxylation is 1. The lowest BCUT2D eigenvalue weighted by Crippen LogP contribution is -2.10. The molecule has 0 fully saturated rings. The van der Waals surface area contributed by atoms with Crippen LogP contribution in [0.25, 0.3) is 0 Å². The summed E-state index contributed by atoms with van der Waals surface area (Å²) < 4.78 is 6.49. The van der Waals surface area contributed by atoms with Crippen LogP contribution in [-0.4, -0.2) is 12.4 Å². The van der Waals surface area contributed by atoms with Crippen molar-refractivity contribution >= 4 is 21.7 Å². The van der Waals surface area contributed by atoms with Gasteiger partial charge in [-0.3, -0.25) is 4.79 Å². The highest BCUT2D eigenvalue weighted by atomic mass is 79.9. The Balaban J connectivity index is 1.90. The normalized spacial score (nSPS) is 10.4. The molecule has 0 bridgehead atoms. The van der Waals surface area contributed by atoms with E-state index in [2.05, 4.69) is 15.9 Å². The van der Waals surface area contributed by atoms with Gasteiger partial charge in [0.15, 0.2) is 5.78 Å². The maximum Gasteiger partial charge on any atom is 0.188 e. The number of rotatable bonds is 5. The molecule has 0 aliphatic rings. The van der Waals surface area contributed by atoms with Crippen molar-refractivity contribution in [2.24, 2.45) is 0 Å². The van der Waals surface area contributed by atoms with Gasteiger partial charge in [-0.1, -0.05) is 52.3 Å². The first kappa shape index (κ1) is 14.0. The fourth-order valence-electron chi connectivity index (χ4n) is 1.85. The molecular formula is C16H15BrO2. The third-order valence-electron chi connectivity index (χ3n) is 2.84. The van der Waals surface area contributed by atoms with E-state index in [0.717, 1.165) is 21.2 Å². The lowest BCUT2D eigenvalue weighted by Gasteiger charge is -2.06. The number of benzene rings is 2. The first-order valence-electron chi connectivity index (χ1n) is 6.08. The second-order valence-corrected chi connectivity index (χ2v) is 5.28. The Morgan fingerprint density at radius 2 is 1.95 bits per heavy atom. The second-order valence-electron chi connectivity index (χ2n) is 4.36. The number of halogens is 1. The van der Waals surface area contributed by atoms with Crippen LogP contribution in [0.1, 0.15) is 21.5 Å². The molecule has 0 N–H and O–H groups in total. The summed E-state index contributed by atoms with van der Waals surface area (Å²) in [6, 6.07) is 15.4. The van der Waals surface area contributed by atoms with Gasteiger partial charge in [-0.15, -0.1) is 0 Å². The van der Waals surface area contributed by atoms with Gasteiger partial charge in [0.1, 0.15) is 6.61 Å². The summed E-state index contributed by atoms with van der Waals surface area (Å²) in [5.41, 5.74) is 2.77. The molecule has 0 aliphatic heterocycles. The van der Waals surface area contributed by atoms with Crippen molar-refractivity contribution in [3.05, 3.63) is 69.7 Å². The van der Waals surface area contributed by atoms with Crippen LogP contribution >= 0.6 is 15.9 Å². The van der Waals surface area contributed by atoms with Gasteiger partial charge in [0.2, 0.25) is 0 Å². The minimum absolute atomic E-state index is 0.0214. The molecule has 2 aromatic rings. The molecule has 19 heavy (non-hydrogen) atoms. The Hall–Kier alpha value is -1.45. The lowest BCUT2D eigenvalue weighted by atomic mass is 10.1. The van der Waals surface area contributed by atoms with Gasteiger partial charge in [-0.2, -0.15) is 0 Å². The third-order valence-corrected chi connectivity index (χ3v) is 3.33. The fraction of sp³-hybridized carbons (Fsp3) is 0.188. The van der Waals surface area contributed by atoms with E-state index in [9.17, 15) is 4.79 Å². The molecule has 0 aromatic heterocycles. The van der Waals surface area contributed by atoms with Crippen LogP contribution in [0.15, 0.2) is 53.0 Å². The molecule has 3 heteroatoms. The molecule has 0 spiro atoms. The summed E-state index contributed by atoms with van der Waals surface area (Å²) in [6.07, 6.45) is 0. The van der Waals surface area contributed by atoms with Crippen LogP contribution in [0, 0.1) is 6.92 Å². The Morgan fingerprint density at radius 1 is 1.16 bits per heavy atom. The number of hydrogen-bond acceptors (Lipinski definition) is 2. The van der Waals surface area contributed by atoms with Gasteiger partial charge in [0.25, 0.3) is 0 Å².